The fourth-order valence-corrected chi connectivity index (χ4v) is 3.18. The molecule has 3 atom stereocenters. The van der Waals surface area contributed by atoms with Crippen LogP contribution < -0.4 is 15.8 Å². The zero-order valence-electron chi connectivity index (χ0n) is 15.8. The van der Waals surface area contributed by atoms with Crippen LogP contribution in [0.2, 0.25) is 0 Å². The molecule has 142 valence electrons. The van der Waals surface area contributed by atoms with Crippen LogP contribution in [0.15, 0.2) is 24.3 Å². The maximum absolute atomic E-state index is 12.6. The first kappa shape index (κ1) is 21.7. The molecule has 0 aromatic heterocycles. The van der Waals surface area contributed by atoms with Crippen molar-refractivity contribution in [2.75, 3.05) is 13.2 Å². The fourth-order valence-electron chi connectivity index (χ4n) is 3.18. The molecule has 0 saturated heterocycles. The molecule has 0 radical (unpaired) electrons. The number of rotatable bonds is 7. The lowest BCUT2D eigenvalue weighted by atomic mass is 9.54. The number of halogens is 1. The van der Waals surface area contributed by atoms with Gasteiger partial charge in [0.1, 0.15) is 17.4 Å². The summed E-state index contributed by atoms with van der Waals surface area (Å²) in [7, 11) is 0. The van der Waals surface area contributed by atoms with Crippen LogP contribution in [0.25, 0.3) is 0 Å². The molecule has 1 amide bonds. The second kappa shape index (κ2) is 8.39. The molecule has 0 heterocycles. The van der Waals surface area contributed by atoms with Gasteiger partial charge in [-0.15, -0.1) is 12.4 Å². The van der Waals surface area contributed by atoms with Crippen LogP contribution in [0.5, 0.6) is 5.75 Å². The minimum Gasteiger partial charge on any atom is -0.489 e. The summed E-state index contributed by atoms with van der Waals surface area (Å²) in [4.78, 5) is 12.6. The van der Waals surface area contributed by atoms with E-state index in [1.807, 2.05) is 58.9 Å². The van der Waals surface area contributed by atoms with Gasteiger partial charge in [0.25, 0.3) is 0 Å². The maximum atomic E-state index is 12.6. The zero-order valence-corrected chi connectivity index (χ0v) is 16.6. The van der Waals surface area contributed by atoms with E-state index >= 15 is 0 Å². The van der Waals surface area contributed by atoms with Gasteiger partial charge in [-0.25, -0.2) is 0 Å². The molecule has 3 unspecified atom stereocenters. The van der Waals surface area contributed by atoms with Crippen LogP contribution in [0.1, 0.15) is 39.7 Å². The molecule has 1 fully saturated rings. The van der Waals surface area contributed by atoms with Crippen LogP contribution >= 0.6 is 12.4 Å². The Morgan fingerprint density at radius 2 is 2.12 bits per heavy atom. The van der Waals surface area contributed by atoms with E-state index in [0.717, 1.165) is 11.3 Å². The van der Waals surface area contributed by atoms with Crippen molar-refractivity contribution in [3.63, 3.8) is 0 Å². The van der Waals surface area contributed by atoms with Gasteiger partial charge in [0.2, 0.25) is 5.91 Å². The Bertz CT molecular complexity index is 594. The van der Waals surface area contributed by atoms with E-state index in [1.54, 1.807) is 0 Å². The SMILES string of the molecule is CCOC1CC(N)(C(=O)NCC(C)Oc2cccc(C)c2)C1(C)C.Cl. The highest BCUT2D eigenvalue weighted by atomic mass is 35.5. The average molecular weight is 371 g/mol. The van der Waals surface area contributed by atoms with Gasteiger partial charge in [-0.2, -0.15) is 0 Å². The van der Waals surface area contributed by atoms with Gasteiger partial charge in [0, 0.05) is 18.4 Å². The Morgan fingerprint density at radius 1 is 1.44 bits per heavy atom. The third-order valence-electron chi connectivity index (χ3n) is 5.11. The number of carbonyl (C=O) groups is 1. The highest BCUT2D eigenvalue weighted by molar-refractivity contribution is 5.88. The molecule has 25 heavy (non-hydrogen) atoms. The molecule has 3 N–H and O–H groups in total. The summed E-state index contributed by atoms with van der Waals surface area (Å²) in [6.45, 7) is 10.9. The minimum absolute atomic E-state index is 0. The van der Waals surface area contributed by atoms with E-state index < -0.39 is 5.54 Å². The summed E-state index contributed by atoms with van der Waals surface area (Å²) in [5.41, 5.74) is 6.24. The number of hydrogen-bond acceptors (Lipinski definition) is 4. The highest BCUT2D eigenvalue weighted by Crippen LogP contribution is 2.49. The monoisotopic (exact) mass is 370 g/mol. The van der Waals surface area contributed by atoms with Gasteiger partial charge in [-0.1, -0.05) is 26.0 Å². The van der Waals surface area contributed by atoms with Crippen molar-refractivity contribution in [2.24, 2.45) is 11.1 Å². The van der Waals surface area contributed by atoms with E-state index in [9.17, 15) is 4.79 Å². The molecule has 1 aliphatic carbocycles. The van der Waals surface area contributed by atoms with Crippen LogP contribution in [-0.4, -0.2) is 36.8 Å². The number of benzene rings is 1. The second-order valence-electron chi connectivity index (χ2n) is 7.30. The summed E-state index contributed by atoms with van der Waals surface area (Å²) in [5.74, 6) is 0.669. The van der Waals surface area contributed by atoms with Crippen molar-refractivity contribution in [1.29, 1.82) is 0 Å². The Balaban J connectivity index is 0.00000312. The van der Waals surface area contributed by atoms with Crippen LogP contribution in [0, 0.1) is 12.3 Å². The van der Waals surface area contributed by atoms with Gasteiger partial charge in [-0.3, -0.25) is 4.79 Å². The van der Waals surface area contributed by atoms with Gasteiger partial charge in [0.15, 0.2) is 0 Å². The average Bonchev–Trinajstić information content (AvgIpc) is 2.52. The number of aryl methyl sites for hydroxylation is 1. The molecular formula is C19H31ClN2O3. The first-order valence-corrected chi connectivity index (χ1v) is 8.63. The molecule has 0 spiro atoms. The van der Waals surface area contributed by atoms with E-state index in [2.05, 4.69) is 5.32 Å². The molecule has 5 nitrogen and oxygen atoms in total. The fraction of sp³-hybridized carbons (Fsp3) is 0.632. The van der Waals surface area contributed by atoms with Crippen molar-refractivity contribution < 1.29 is 14.3 Å². The number of nitrogens with one attached hydrogen (secondary N) is 1. The van der Waals surface area contributed by atoms with Crippen molar-refractivity contribution in [3.05, 3.63) is 29.8 Å². The van der Waals surface area contributed by atoms with Crippen molar-refractivity contribution in [3.8, 4) is 5.75 Å². The van der Waals surface area contributed by atoms with E-state index in [4.69, 9.17) is 15.2 Å². The van der Waals surface area contributed by atoms with Gasteiger partial charge in [0.05, 0.1) is 12.6 Å². The Kier molecular flexibility index (Phi) is 7.29. The topological polar surface area (TPSA) is 73.6 Å². The Hall–Kier alpha value is -1.30. The quantitative estimate of drug-likeness (QED) is 0.774. The summed E-state index contributed by atoms with van der Waals surface area (Å²) < 4.78 is 11.5. The summed E-state index contributed by atoms with van der Waals surface area (Å²) >= 11 is 0. The first-order chi connectivity index (χ1) is 11.2. The van der Waals surface area contributed by atoms with Gasteiger partial charge in [-0.05, 0) is 38.5 Å². The van der Waals surface area contributed by atoms with E-state index in [-0.39, 0.29) is 35.9 Å². The second-order valence-corrected chi connectivity index (χ2v) is 7.30. The minimum atomic E-state index is -0.893. The largest absolute Gasteiger partial charge is 0.489 e. The molecule has 1 aromatic rings. The predicted octanol–water partition coefficient (Wildman–Crippen LogP) is 2.83. The number of nitrogens with two attached hydrogens (primary N) is 1. The molecule has 1 saturated carbocycles. The molecular weight excluding hydrogens is 340 g/mol. The lowest BCUT2D eigenvalue weighted by Gasteiger charge is -2.57. The Morgan fingerprint density at radius 3 is 2.68 bits per heavy atom. The highest BCUT2D eigenvalue weighted by Gasteiger charge is 2.62. The number of hydrogen-bond donors (Lipinski definition) is 2. The van der Waals surface area contributed by atoms with Crippen LogP contribution in [0.3, 0.4) is 0 Å². The molecule has 6 heteroatoms. The standard InChI is InChI=1S/C19H30N2O3.ClH/c1-6-23-16-11-19(20,18(16,4)5)17(22)21-12-14(3)24-15-9-7-8-13(2)10-15;/h7-10,14,16H,6,11-12,20H2,1-5H3,(H,21,22);1H. The number of ether oxygens (including phenoxy) is 2. The van der Waals surface area contributed by atoms with Crippen molar-refractivity contribution in [1.82, 2.24) is 5.32 Å². The van der Waals surface area contributed by atoms with Gasteiger partial charge < -0.3 is 20.5 Å². The lowest BCUT2D eigenvalue weighted by Crippen LogP contribution is -2.76. The number of amides is 1. The summed E-state index contributed by atoms with van der Waals surface area (Å²) in [5, 5.41) is 2.93. The Labute approximate surface area is 157 Å². The maximum Gasteiger partial charge on any atom is 0.240 e. The smallest absolute Gasteiger partial charge is 0.240 e. The first-order valence-electron chi connectivity index (χ1n) is 8.63. The molecule has 0 bridgehead atoms. The molecule has 1 aromatic carbocycles. The van der Waals surface area contributed by atoms with Gasteiger partial charge >= 0.3 is 0 Å². The normalized spacial score (nSPS) is 25.3. The van der Waals surface area contributed by atoms with Crippen molar-refractivity contribution in [2.45, 2.75) is 58.8 Å². The molecule has 0 aliphatic heterocycles. The predicted molar refractivity (Wildman–Crippen MR) is 102 cm³/mol. The molecule has 1 aliphatic rings. The van der Waals surface area contributed by atoms with E-state index in [0.29, 0.717) is 19.6 Å². The summed E-state index contributed by atoms with van der Waals surface area (Å²) in [6.07, 6.45) is 0.441. The van der Waals surface area contributed by atoms with Crippen molar-refractivity contribution >= 4 is 18.3 Å². The van der Waals surface area contributed by atoms with E-state index in [1.165, 1.54) is 0 Å². The summed E-state index contributed by atoms with van der Waals surface area (Å²) in [6, 6.07) is 7.86. The van der Waals surface area contributed by atoms with Crippen LogP contribution in [0.4, 0.5) is 0 Å². The number of carbonyl (C=O) groups excluding carboxylic acids is 1. The zero-order chi connectivity index (χ0) is 18.0. The third-order valence-corrected chi connectivity index (χ3v) is 5.11. The third kappa shape index (κ3) is 4.46. The van der Waals surface area contributed by atoms with Crippen LogP contribution in [-0.2, 0) is 9.53 Å². The lowest BCUT2D eigenvalue weighted by molar-refractivity contribution is -0.170. The molecule has 2 rings (SSSR count).